The molecule has 6 heteroatoms. The smallest absolute Gasteiger partial charge is 0.338 e. The Morgan fingerprint density at radius 3 is 2.15 bits per heavy atom. The van der Waals surface area contributed by atoms with Crippen LogP contribution in [-0.2, 0) is 11.3 Å². The van der Waals surface area contributed by atoms with Crippen molar-refractivity contribution in [1.29, 1.82) is 0 Å². The van der Waals surface area contributed by atoms with Crippen molar-refractivity contribution in [3.8, 4) is 17.2 Å². The Morgan fingerprint density at radius 1 is 1.05 bits per heavy atom. The highest BCUT2D eigenvalue weighted by molar-refractivity contribution is 9.10. The van der Waals surface area contributed by atoms with Crippen LogP contribution >= 0.6 is 15.9 Å². The van der Waals surface area contributed by atoms with Crippen molar-refractivity contribution in [2.75, 3.05) is 0 Å². The largest absolute Gasteiger partial charge is 0.504 e. The number of rotatable bonds is 3. The first-order valence-corrected chi connectivity index (χ1v) is 6.43. The van der Waals surface area contributed by atoms with Gasteiger partial charge in [0.1, 0.15) is 6.61 Å². The average molecular weight is 339 g/mol. The Kier molecular flexibility index (Phi) is 4.14. The van der Waals surface area contributed by atoms with Gasteiger partial charge in [-0.25, -0.2) is 4.79 Å². The highest BCUT2D eigenvalue weighted by Crippen LogP contribution is 2.35. The van der Waals surface area contributed by atoms with Gasteiger partial charge in [-0.1, -0.05) is 28.1 Å². The van der Waals surface area contributed by atoms with Crippen LogP contribution in [0.25, 0.3) is 0 Å². The van der Waals surface area contributed by atoms with E-state index >= 15 is 0 Å². The molecule has 2 aromatic rings. The van der Waals surface area contributed by atoms with Gasteiger partial charge in [-0.2, -0.15) is 0 Å². The normalized spacial score (nSPS) is 10.2. The molecule has 0 amide bonds. The predicted molar refractivity (Wildman–Crippen MR) is 74.7 cm³/mol. The maximum atomic E-state index is 11.8. The minimum atomic E-state index is -0.710. The number of hydrogen-bond acceptors (Lipinski definition) is 5. The number of halogens is 1. The van der Waals surface area contributed by atoms with Crippen LogP contribution in [-0.4, -0.2) is 21.3 Å². The van der Waals surface area contributed by atoms with Crippen LogP contribution in [0.5, 0.6) is 17.2 Å². The number of phenolic OH excluding ortho intramolecular Hbond substituents is 3. The quantitative estimate of drug-likeness (QED) is 0.591. The Hall–Kier alpha value is -2.21. The molecule has 0 radical (unpaired) electrons. The number of aromatic hydroxyl groups is 3. The number of phenols is 3. The van der Waals surface area contributed by atoms with E-state index in [0.717, 1.165) is 22.2 Å². The van der Waals surface area contributed by atoms with Crippen LogP contribution in [0, 0.1) is 0 Å². The van der Waals surface area contributed by atoms with Crippen molar-refractivity contribution in [1.82, 2.24) is 0 Å². The van der Waals surface area contributed by atoms with Crippen LogP contribution in [0.3, 0.4) is 0 Å². The third-order valence-electron chi connectivity index (χ3n) is 2.59. The first kappa shape index (κ1) is 14.2. The second-order valence-corrected chi connectivity index (χ2v) is 4.98. The van der Waals surface area contributed by atoms with Gasteiger partial charge >= 0.3 is 5.97 Å². The van der Waals surface area contributed by atoms with Gasteiger partial charge in [-0.15, -0.1) is 0 Å². The number of carbonyl (C=O) groups is 1. The minimum Gasteiger partial charge on any atom is -0.504 e. The molecular weight excluding hydrogens is 328 g/mol. The molecule has 0 heterocycles. The summed E-state index contributed by atoms with van der Waals surface area (Å²) in [7, 11) is 0. The second kappa shape index (κ2) is 5.83. The second-order valence-electron chi connectivity index (χ2n) is 4.07. The van der Waals surface area contributed by atoms with E-state index in [4.69, 9.17) is 4.74 Å². The zero-order valence-electron chi connectivity index (χ0n) is 10.2. The third-order valence-corrected chi connectivity index (χ3v) is 3.12. The first-order valence-electron chi connectivity index (χ1n) is 5.64. The standard InChI is InChI=1S/C14H11BrO5/c15-10-3-1-8(2-4-10)7-20-14(19)9-5-11(16)13(18)12(17)6-9/h1-6,16-18H,7H2. The lowest BCUT2D eigenvalue weighted by molar-refractivity contribution is 0.0471. The molecule has 0 atom stereocenters. The number of carbonyl (C=O) groups excluding carboxylic acids is 1. The van der Waals surface area contributed by atoms with Crippen molar-refractivity contribution >= 4 is 21.9 Å². The molecule has 0 aromatic heterocycles. The zero-order valence-corrected chi connectivity index (χ0v) is 11.8. The van der Waals surface area contributed by atoms with E-state index in [1.54, 1.807) is 12.1 Å². The van der Waals surface area contributed by atoms with Crippen molar-refractivity contribution < 1.29 is 24.9 Å². The molecule has 20 heavy (non-hydrogen) atoms. The van der Waals surface area contributed by atoms with Gasteiger partial charge in [0.05, 0.1) is 5.56 Å². The molecule has 2 rings (SSSR count). The fourth-order valence-corrected chi connectivity index (χ4v) is 1.80. The summed E-state index contributed by atoms with van der Waals surface area (Å²) in [4.78, 5) is 11.8. The number of benzene rings is 2. The summed E-state index contributed by atoms with van der Waals surface area (Å²) < 4.78 is 5.96. The van der Waals surface area contributed by atoms with E-state index < -0.39 is 23.2 Å². The maximum Gasteiger partial charge on any atom is 0.338 e. The topological polar surface area (TPSA) is 87.0 Å². The molecule has 0 aliphatic rings. The Bertz CT molecular complexity index is 614. The zero-order chi connectivity index (χ0) is 14.7. The summed E-state index contributed by atoms with van der Waals surface area (Å²) in [6.45, 7) is 0.0640. The number of hydrogen-bond donors (Lipinski definition) is 3. The highest BCUT2D eigenvalue weighted by Gasteiger charge is 2.14. The molecule has 0 saturated heterocycles. The molecule has 0 saturated carbocycles. The lowest BCUT2D eigenvalue weighted by atomic mass is 10.2. The van der Waals surface area contributed by atoms with Crippen LogP contribution in [0.1, 0.15) is 15.9 Å². The molecule has 104 valence electrons. The molecule has 0 aliphatic carbocycles. The van der Waals surface area contributed by atoms with E-state index in [1.807, 2.05) is 12.1 Å². The third kappa shape index (κ3) is 3.21. The molecule has 3 N–H and O–H groups in total. The fourth-order valence-electron chi connectivity index (χ4n) is 1.53. The Balaban J connectivity index is 2.07. The molecule has 0 unspecified atom stereocenters. The lowest BCUT2D eigenvalue weighted by Gasteiger charge is -2.07. The summed E-state index contributed by atoms with van der Waals surface area (Å²) >= 11 is 3.30. The van der Waals surface area contributed by atoms with Crippen LogP contribution < -0.4 is 0 Å². The average Bonchev–Trinajstić information content (AvgIpc) is 2.43. The van der Waals surface area contributed by atoms with Crippen molar-refractivity contribution in [2.45, 2.75) is 6.61 Å². The summed E-state index contributed by atoms with van der Waals surface area (Å²) in [5.74, 6) is -2.55. The summed E-state index contributed by atoms with van der Waals surface area (Å²) in [5, 5.41) is 27.8. The van der Waals surface area contributed by atoms with Crippen LogP contribution in [0.4, 0.5) is 0 Å². The van der Waals surface area contributed by atoms with Gasteiger partial charge in [0.25, 0.3) is 0 Å². The first-order chi connectivity index (χ1) is 9.47. The van der Waals surface area contributed by atoms with Gasteiger partial charge in [-0.3, -0.25) is 0 Å². The Morgan fingerprint density at radius 2 is 1.60 bits per heavy atom. The summed E-state index contributed by atoms with van der Waals surface area (Å²) in [6, 6.07) is 9.28. The van der Waals surface area contributed by atoms with Gasteiger partial charge in [0.15, 0.2) is 17.2 Å². The molecule has 5 nitrogen and oxygen atoms in total. The van der Waals surface area contributed by atoms with Crippen LogP contribution in [0.2, 0.25) is 0 Å². The van der Waals surface area contributed by atoms with Gasteiger partial charge < -0.3 is 20.1 Å². The SMILES string of the molecule is O=C(OCc1ccc(Br)cc1)c1cc(O)c(O)c(O)c1. The predicted octanol–water partition coefficient (Wildman–Crippen LogP) is 2.92. The molecule has 0 aliphatic heterocycles. The van der Waals surface area contributed by atoms with Gasteiger partial charge in [0.2, 0.25) is 0 Å². The van der Waals surface area contributed by atoms with E-state index in [1.165, 1.54) is 0 Å². The minimum absolute atomic E-state index is 0.0464. The summed E-state index contributed by atoms with van der Waals surface area (Å²) in [5.41, 5.74) is 0.753. The molecule has 0 fully saturated rings. The van der Waals surface area contributed by atoms with E-state index in [0.29, 0.717) is 0 Å². The van der Waals surface area contributed by atoms with Crippen molar-refractivity contribution in [2.24, 2.45) is 0 Å². The van der Waals surface area contributed by atoms with Crippen LogP contribution in [0.15, 0.2) is 40.9 Å². The lowest BCUT2D eigenvalue weighted by Crippen LogP contribution is -2.05. The maximum absolute atomic E-state index is 11.8. The Labute approximate surface area is 123 Å². The monoisotopic (exact) mass is 338 g/mol. The van der Waals surface area contributed by atoms with E-state index in [-0.39, 0.29) is 12.2 Å². The van der Waals surface area contributed by atoms with Crippen molar-refractivity contribution in [3.05, 3.63) is 52.0 Å². The van der Waals surface area contributed by atoms with Gasteiger partial charge in [-0.05, 0) is 29.8 Å². The van der Waals surface area contributed by atoms with Gasteiger partial charge in [0, 0.05) is 4.47 Å². The number of esters is 1. The summed E-state index contributed by atoms with van der Waals surface area (Å²) in [6.07, 6.45) is 0. The fraction of sp³-hybridized carbons (Fsp3) is 0.0714. The number of ether oxygens (including phenoxy) is 1. The van der Waals surface area contributed by atoms with Crippen molar-refractivity contribution in [3.63, 3.8) is 0 Å². The molecular formula is C14H11BrO5. The highest BCUT2D eigenvalue weighted by atomic mass is 79.9. The molecule has 0 bridgehead atoms. The van der Waals surface area contributed by atoms with E-state index in [9.17, 15) is 20.1 Å². The van der Waals surface area contributed by atoms with E-state index in [2.05, 4.69) is 15.9 Å². The molecule has 2 aromatic carbocycles. The molecule has 0 spiro atoms.